The fourth-order valence-electron chi connectivity index (χ4n) is 5.41. The molecule has 36 heavy (non-hydrogen) atoms. The van der Waals surface area contributed by atoms with E-state index in [1.807, 2.05) is 6.92 Å². The number of carbonyl (C=O) groups excluding carboxylic acids is 3. The van der Waals surface area contributed by atoms with Crippen LogP contribution in [0.2, 0.25) is 0 Å². The van der Waals surface area contributed by atoms with E-state index in [9.17, 15) is 28.0 Å². The Balaban J connectivity index is 1.52. The van der Waals surface area contributed by atoms with Crippen molar-refractivity contribution in [3.8, 4) is 0 Å². The van der Waals surface area contributed by atoms with Crippen molar-refractivity contribution in [2.75, 3.05) is 5.32 Å². The van der Waals surface area contributed by atoms with E-state index in [4.69, 9.17) is 5.11 Å². The van der Waals surface area contributed by atoms with E-state index in [1.54, 1.807) is 11.5 Å². The number of aliphatic carboxylic acids is 1. The molecule has 2 amide bonds. The third-order valence-electron chi connectivity index (χ3n) is 7.32. The van der Waals surface area contributed by atoms with Gasteiger partial charge in [0.15, 0.2) is 11.6 Å². The fourth-order valence-corrected chi connectivity index (χ4v) is 5.41. The summed E-state index contributed by atoms with van der Waals surface area (Å²) in [5.74, 6) is -4.98. The number of nitrogens with zero attached hydrogens (tertiary/aromatic N) is 1. The predicted octanol–water partition coefficient (Wildman–Crippen LogP) is 4.00. The zero-order chi connectivity index (χ0) is 26.2. The summed E-state index contributed by atoms with van der Waals surface area (Å²) in [5.41, 5.74) is 0.855. The van der Waals surface area contributed by atoms with Crippen molar-refractivity contribution in [2.45, 2.75) is 70.9 Å². The van der Waals surface area contributed by atoms with Crippen molar-refractivity contribution >= 4 is 29.3 Å². The number of amides is 2. The zero-order valence-electron chi connectivity index (χ0n) is 20.2. The van der Waals surface area contributed by atoms with E-state index in [0.29, 0.717) is 56.3 Å². The maximum Gasteiger partial charge on any atom is 0.303 e. The second-order valence-electron chi connectivity index (χ2n) is 10.0. The first-order valence-electron chi connectivity index (χ1n) is 12.1. The summed E-state index contributed by atoms with van der Waals surface area (Å²) in [6, 6.07) is 3.04. The number of nitrogens with one attached hydrogen (secondary N) is 2. The standard InChI is InChI=1S/C26H29F2N3O5/c1-14-21(24(35)29-16-5-6-17(27)18(28)13-16)19-4-3-11-31(19)22(14)23(34)25(36)30-26(2)9-7-15(8-10-26)12-20(32)33/h5-6,13,15H,3-4,7-12H2,1-2H3,(H,29,35)(H,30,36)(H,32,33). The predicted molar refractivity (Wildman–Crippen MR) is 127 cm³/mol. The number of ketones is 1. The van der Waals surface area contributed by atoms with Crippen molar-refractivity contribution in [3.63, 3.8) is 0 Å². The summed E-state index contributed by atoms with van der Waals surface area (Å²) in [6.07, 6.45) is 3.75. The lowest BCUT2D eigenvalue weighted by Crippen LogP contribution is -2.51. The highest BCUT2D eigenvalue weighted by atomic mass is 19.2. The smallest absolute Gasteiger partial charge is 0.303 e. The first-order valence-corrected chi connectivity index (χ1v) is 12.1. The van der Waals surface area contributed by atoms with Crippen molar-refractivity contribution in [1.29, 1.82) is 0 Å². The van der Waals surface area contributed by atoms with Crippen LogP contribution in [0.15, 0.2) is 18.2 Å². The first kappa shape index (κ1) is 25.5. The van der Waals surface area contributed by atoms with Gasteiger partial charge in [0.05, 0.1) is 11.3 Å². The number of fused-ring (bicyclic) bond motifs is 1. The van der Waals surface area contributed by atoms with Gasteiger partial charge in [-0.1, -0.05) is 0 Å². The molecule has 4 rings (SSSR count). The van der Waals surface area contributed by atoms with Gasteiger partial charge in [-0.15, -0.1) is 0 Å². The van der Waals surface area contributed by atoms with Gasteiger partial charge in [-0.05, 0) is 76.0 Å². The average Bonchev–Trinajstić information content (AvgIpc) is 3.36. The molecule has 2 aromatic rings. The van der Waals surface area contributed by atoms with Crippen LogP contribution in [0.3, 0.4) is 0 Å². The van der Waals surface area contributed by atoms with Crippen LogP contribution in [0.1, 0.15) is 77.6 Å². The number of halogens is 2. The molecule has 10 heteroatoms. The molecule has 1 aliphatic heterocycles. The molecule has 8 nitrogen and oxygen atoms in total. The Kier molecular flexibility index (Phi) is 6.97. The number of carboxylic acids is 1. The van der Waals surface area contributed by atoms with Gasteiger partial charge >= 0.3 is 5.97 Å². The molecule has 1 aromatic carbocycles. The maximum absolute atomic E-state index is 13.6. The molecule has 0 atom stereocenters. The van der Waals surface area contributed by atoms with E-state index in [1.165, 1.54) is 6.07 Å². The lowest BCUT2D eigenvalue weighted by Gasteiger charge is -2.37. The van der Waals surface area contributed by atoms with Gasteiger partial charge in [-0.2, -0.15) is 0 Å². The van der Waals surface area contributed by atoms with Crippen LogP contribution in [-0.2, 0) is 22.6 Å². The number of rotatable bonds is 7. The number of benzene rings is 1. The molecular formula is C26H29F2N3O5. The first-order chi connectivity index (χ1) is 17.0. The number of anilines is 1. The third-order valence-corrected chi connectivity index (χ3v) is 7.32. The summed E-state index contributed by atoms with van der Waals surface area (Å²) < 4.78 is 28.5. The molecule has 0 saturated heterocycles. The summed E-state index contributed by atoms with van der Waals surface area (Å²) in [6.45, 7) is 3.94. The minimum Gasteiger partial charge on any atom is -0.481 e. The van der Waals surface area contributed by atoms with Crippen LogP contribution in [0.25, 0.3) is 0 Å². The minimum atomic E-state index is -1.09. The SMILES string of the molecule is Cc1c(C(=O)Nc2ccc(F)c(F)c2)c2n(c1C(=O)C(=O)NC1(C)CCC(CC(=O)O)CC1)CCC2. The second kappa shape index (κ2) is 9.83. The molecule has 0 bridgehead atoms. The van der Waals surface area contributed by atoms with E-state index < -0.39 is 40.7 Å². The van der Waals surface area contributed by atoms with Crippen molar-refractivity contribution < 1.29 is 33.1 Å². The topological polar surface area (TPSA) is 118 Å². The number of hydrogen-bond acceptors (Lipinski definition) is 4. The molecule has 1 aliphatic carbocycles. The Morgan fingerprint density at radius 2 is 1.83 bits per heavy atom. The molecule has 192 valence electrons. The van der Waals surface area contributed by atoms with E-state index in [0.717, 1.165) is 12.1 Å². The number of Topliss-reactive ketones (excluding diaryl/α,β-unsaturated/α-hetero) is 1. The van der Waals surface area contributed by atoms with E-state index >= 15 is 0 Å². The van der Waals surface area contributed by atoms with Crippen LogP contribution in [0.5, 0.6) is 0 Å². The average molecular weight is 502 g/mol. The molecular weight excluding hydrogens is 472 g/mol. The molecule has 3 N–H and O–H groups in total. The molecule has 2 aliphatic rings. The lowest BCUT2D eigenvalue weighted by molar-refractivity contribution is -0.138. The Morgan fingerprint density at radius 1 is 1.14 bits per heavy atom. The summed E-state index contributed by atoms with van der Waals surface area (Å²) in [7, 11) is 0. The molecule has 1 aromatic heterocycles. The quantitative estimate of drug-likeness (QED) is 0.392. The van der Waals surface area contributed by atoms with Crippen LogP contribution in [-0.4, -0.2) is 38.8 Å². The number of hydrogen-bond donors (Lipinski definition) is 3. The molecule has 1 fully saturated rings. The highest BCUT2D eigenvalue weighted by molar-refractivity contribution is 6.43. The number of carboxylic acid groups (broad SMARTS) is 1. The highest BCUT2D eigenvalue weighted by Gasteiger charge is 2.37. The van der Waals surface area contributed by atoms with Gasteiger partial charge in [-0.3, -0.25) is 19.2 Å². The molecule has 2 heterocycles. The monoisotopic (exact) mass is 501 g/mol. The molecule has 0 radical (unpaired) electrons. The lowest BCUT2D eigenvalue weighted by atomic mass is 9.76. The second-order valence-corrected chi connectivity index (χ2v) is 10.0. The Labute approximate surface area is 207 Å². The van der Waals surface area contributed by atoms with Gasteiger partial charge in [-0.25, -0.2) is 8.78 Å². The molecule has 0 spiro atoms. The van der Waals surface area contributed by atoms with Gasteiger partial charge in [0.25, 0.3) is 17.6 Å². The van der Waals surface area contributed by atoms with E-state index in [2.05, 4.69) is 10.6 Å². The Morgan fingerprint density at radius 3 is 2.47 bits per heavy atom. The molecule has 1 saturated carbocycles. The Hall–Kier alpha value is -3.56. The zero-order valence-corrected chi connectivity index (χ0v) is 20.2. The highest BCUT2D eigenvalue weighted by Crippen LogP contribution is 2.34. The van der Waals surface area contributed by atoms with Crippen LogP contribution >= 0.6 is 0 Å². The van der Waals surface area contributed by atoms with Crippen molar-refractivity contribution in [3.05, 3.63) is 52.3 Å². The summed E-state index contributed by atoms with van der Waals surface area (Å²) >= 11 is 0. The summed E-state index contributed by atoms with van der Waals surface area (Å²) in [4.78, 5) is 50.4. The van der Waals surface area contributed by atoms with Crippen LogP contribution < -0.4 is 10.6 Å². The van der Waals surface area contributed by atoms with Crippen LogP contribution in [0.4, 0.5) is 14.5 Å². The van der Waals surface area contributed by atoms with Crippen LogP contribution in [0, 0.1) is 24.5 Å². The van der Waals surface area contributed by atoms with Gasteiger partial charge in [0.1, 0.15) is 0 Å². The van der Waals surface area contributed by atoms with Crippen molar-refractivity contribution in [2.24, 2.45) is 5.92 Å². The number of aromatic nitrogens is 1. The normalized spacial score (nSPS) is 21.1. The maximum atomic E-state index is 13.6. The molecule has 0 unspecified atom stereocenters. The van der Waals surface area contributed by atoms with Gasteiger partial charge < -0.3 is 20.3 Å². The number of carbonyl (C=O) groups is 4. The Bertz CT molecular complexity index is 1240. The fraction of sp³-hybridized carbons (Fsp3) is 0.462. The van der Waals surface area contributed by atoms with Gasteiger partial charge in [0.2, 0.25) is 0 Å². The summed E-state index contributed by atoms with van der Waals surface area (Å²) in [5, 5.41) is 14.4. The largest absolute Gasteiger partial charge is 0.481 e. The minimum absolute atomic E-state index is 0.0509. The third kappa shape index (κ3) is 5.03. The van der Waals surface area contributed by atoms with E-state index in [-0.39, 0.29) is 29.3 Å². The van der Waals surface area contributed by atoms with Crippen molar-refractivity contribution in [1.82, 2.24) is 9.88 Å². The van der Waals surface area contributed by atoms with Gasteiger partial charge in [0, 0.05) is 36.0 Å².